The molecule has 0 aliphatic rings. The highest BCUT2D eigenvalue weighted by Crippen LogP contribution is 2.45. The Balaban J connectivity index is 5.22. The monoisotopic (exact) mass is 1400 g/mol. The van der Waals surface area contributed by atoms with Crippen LogP contribution >= 0.6 is 15.6 Å². The summed E-state index contributed by atoms with van der Waals surface area (Å²) in [6, 6.07) is 0. The van der Waals surface area contributed by atoms with Gasteiger partial charge in [-0.2, -0.15) is 0 Å². The minimum Gasteiger partial charge on any atom is -0.462 e. The molecular weight excluding hydrogens is 1250 g/mol. The van der Waals surface area contributed by atoms with Gasteiger partial charge in [0.25, 0.3) is 0 Å². The van der Waals surface area contributed by atoms with Crippen LogP contribution in [0.25, 0.3) is 0 Å². The van der Waals surface area contributed by atoms with Gasteiger partial charge in [0.15, 0.2) is 12.2 Å². The third-order valence-electron chi connectivity index (χ3n) is 17.6. The van der Waals surface area contributed by atoms with E-state index in [1.165, 1.54) is 180 Å². The van der Waals surface area contributed by atoms with Crippen LogP contribution in [0.3, 0.4) is 0 Å². The largest absolute Gasteiger partial charge is 0.472 e. The molecule has 0 aliphatic carbocycles. The zero-order chi connectivity index (χ0) is 70.3. The number of hydrogen-bond donors (Lipinski definition) is 3. The van der Waals surface area contributed by atoms with E-state index in [4.69, 9.17) is 37.0 Å². The summed E-state index contributed by atoms with van der Waals surface area (Å²) in [4.78, 5) is 72.8. The zero-order valence-electron chi connectivity index (χ0n) is 62.3. The molecule has 0 saturated carbocycles. The molecule has 5 atom stereocenters. The molecule has 564 valence electrons. The molecule has 0 rings (SSSR count). The van der Waals surface area contributed by atoms with Gasteiger partial charge in [0.05, 0.1) is 26.4 Å². The number of aliphatic hydroxyl groups excluding tert-OH is 1. The Hall–Kier alpha value is -1.94. The fourth-order valence-electron chi connectivity index (χ4n) is 11.6. The van der Waals surface area contributed by atoms with E-state index in [0.717, 1.165) is 114 Å². The first-order valence-corrected chi connectivity index (χ1v) is 42.2. The topological polar surface area (TPSA) is 237 Å². The molecule has 17 nitrogen and oxygen atoms in total. The summed E-state index contributed by atoms with van der Waals surface area (Å²) in [6.07, 6.45) is 50.1. The molecule has 0 spiro atoms. The van der Waals surface area contributed by atoms with E-state index in [1.807, 2.05) is 0 Å². The Kier molecular flexibility index (Phi) is 64.0. The quantitative estimate of drug-likeness (QED) is 0.0222. The first-order valence-electron chi connectivity index (χ1n) is 39.2. The van der Waals surface area contributed by atoms with Crippen molar-refractivity contribution in [3.05, 3.63) is 0 Å². The second-order valence-corrected chi connectivity index (χ2v) is 32.2. The Morgan fingerprint density at radius 1 is 0.263 bits per heavy atom. The average molecular weight is 1400 g/mol. The number of hydrogen-bond acceptors (Lipinski definition) is 15. The molecule has 3 N–H and O–H groups in total. The SMILES string of the molecule is CC(C)CCCCCCCCCCCCCCCCCCC(=O)O[C@H](COC(=O)CCCCCCCCCC(C)C)COP(=O)(O)OCC(O)COP(=O)(O)OC[C@@H](COC(=O)CCCCCCCCCCCC(C)C)OC(=O)CCCCCCCCCCCCCC(C)C. The van der Waals surface area contributed by atoms with Crippen LogP contribution in [0.5, 0.6) is 0 Å². The summed E-state index contributed by atoms with van der Waals surface area (Å²) in [6.45, 7) is 14.2. The Labute approximate surface area is 581 Å². The summed E-state index contributed by atoms with van der Waals surface area (Å²) < 4.78 is 68.5. The lowest BCUT2D eigenvalue weighted by Crippen LogP contribution is -2.30. The van der Waals surface area contributed by atoms with Gasteiger partial charge in [-0.1, -0.05) is 331 Å². The van der Waals surface area contributed by atoms with Gasteiger partial charge in [-0.05, 0) is 49.4 Å². The molecule has 3 unspecified atom stereocenters. The summed E-state index contributed by atoms with van der Waals surface area (Å²) in [7, 11) is -9.91. The van der Waals surface area contributed by atoms with E-state index in [2.05, 4.69) is 55.4 Å². The van der Waals surface area contributed by atoms with Crippen LogP contribution in [0, 0.1) is 23.7 Å². The molecule has 0 amide bonds. The van der Waals surface area contributed by atoms with Crippen LogP contribution in [0.1, 0.15) is 383 Å². The predicted octanol–water partition coefficient (Wildman–Crippen LogP) is 22.0. The highest BCUT2D eigenvalue weighted by molar-refractivity contribution is 7.47. The van der Waals surface area contributed by atoms with Gasteiger partial charge in [-0.25, -0.2) is 9.13 Å². The van der Waals surface area contributed by atoms with E-state index >= 15 is 0 Å². The minimum atomic E-state index is -4.96. The number of phosphoric ester groups is 2. The van der Waals surface area contributed by atoms with Crippen molar-refractivity contribution >= 4 is 39.5 Å². The van der Waals surface area contributed by atoms with E-state index < -0.39 is 97.5 Å². The smallest absolute Gasteiger partial charge is 0.462 e. The molecule has 0 saturated heterocycles. The lowest BCUT2D eigenvalue weighted by atomic mass is 10.0. The zero-order valence-corrected chi connectivity index (χ0v) is 64.1. The lowest BCUT2D eigenvalue weighted by Gasteiger charge is -2.21. The molecule has 0 aliphatic heterocycles. The second kappa shape index (κ2) is 65.4. The number of carbonyl (C=O) groups excluding carboxylic acids is 4. The molecule has 0 heterocycles. The van der Waals surface area contributed by atoms with Gasteiger partial charge < -0.3 is 33.8 Å². The fraction of sp³-hybridized carbons (Fsp3) is 0.947. The Morgan fingerprint density at radius 2 is 0.442 bits per heavy atom. The highest BCUT2D eigenvalue weighted by Gasteiger charge is 2.30. The first-order chi connectivity index (χ1) is 45.6. The molecule has 0 aromatic carbocycles. The second-order valence-electron chi connectivity index (χ2n) is 29.3. The van der Waals surface area contributed by atoms with Crippen molar-refractivity contribution in [1.29, 1.82) is 0 Å². The van der Waals surface area contributed by atoms with Crippen LogP contribution in [0.15, 0.2) is 0 Å². The molecule has 0 aromatic heterocycles. The van der Waals surface area contributed by atoms with Crippen molar-refractivity contribution < 1.29 is 80.2 Å². The number of phosphoric acid groups is 2. The predicted molar refractivity (Wildman–Crippen MR) is 386 cm³/mol. The van der Waals surface area contributed by atoms with Gasteiger partial charge in [0, 0.05) is 25.7 Å². The molecule has 0 radical (unpaired) electrons. The van der Waals surface area contributed by atoms with Crippen molar-refractivity contribution in [2.24, 2.45) is 23.7 Å². The molecule has 19 heteroatoms. The summed E-state index contributed by atoms with van der Waals surface area (Å²) in [5, 5.41) is 10.6. The lowest BCUT2D eigenvalue weighted by molar-refractivity contribution is -0.161. The van der Waals surface area contributed by atoms with Crippen molar-refractivity contribution in [1.82, 2.24) is 0 Å². The number of rotatable bonds is 73. The van der Waals surface area contributed by atoms with Crippen molar-refractivity contribution in [2.75, 3.05) is 39.6 Å². The number of aliphatic hydroxyl groups is 1. The maximum Gasteiger partial charge on any atom is 0.472 e. The summed E-state index contributed by atoms with van der Waals surface area (Å²) >= 11 is 0. The van der Waals surface area contributed by atoms with Gasteiger partial charge in [-0.3, -0.25) is 37.3 Å². The highest BCUT2D eigenvalue weighted by atomic mass is 31.2. The van der Waals surface area contributed by atoms with E-state index in [9.17, 15) is 43.2 Å². The minimum absolute atomic E-state index is 0.106. The third-order valence-corrected chi connectivity index (χ3v) is 19.5. The van der Waals surface area contributed by atoms with Crippen LogP contribution in [-0.4, -0.2) is 96.7 Å². The number of ether oxygens (including phenoxy) is 4. The molecule has 0 fully saturated rings. The van der Waals surface area contributed by atoms with E-state index in [0.29, 0.717) is 31.6 Å². The van der Waals surface area contributed by atoms with Gasteiger partial charge in [-0.15, -0.1) is 0 Å². The van der Waals surface area contributed by atoms with Crippen LogP contribution < -0.4 is 0 Å². The van der Waals surface area contributed by atoms with Crippen LogP contribution in [0.4, 0.5) is 0 Å². The third kappa shape index (κ3) is 70.3. The van der Waals surface area contributed by atoms with Crippen molar-refractivity contribution in [2.45, 2.75) is 401 Å². The Bertz CT molecular complexity index is 1870. The molecule has 95 heavy (non-hydrogen) atoms. The van der Waals surface area contributed by atoms with Crippen molar-refractivity contribution in [3.63, 3.8) is 0 Å². The van der Waals surface area contributed by atoms with Crippen LogP contribution in [-0.2, 0) is 65.4 Å². The maximum atomic E-state index is 13.1. The normalized spacial score (nSPS) is 14.1. The molecule has 0 bridgehead atoms. The van der Waals surface area contributed by atoms with Gasteiger partial charge in [0.1, 0.15) is 19.3 Å². The first kappa shape index (κ1) is 93.1. The standard InChI is InChI=1S/C76H148O17P2/c1-66(2)52-44-36-28-21-16-13-11-9-10-12-14-18-24-33-42-50-58-75(80)93-72(63-87-74(79)57-49-41-35-27-31-39-47-55-69(7)8)65-91-95(84,85)89-61-70(77)60-88-94(82,83)90-64-71(62-86-73(78)56-48-40-32-26-20-23-30-38-46-54-68(5)6)92-76(81)59-51-43-34-25-19-15-17-22-29-37-45-53-67(3)4/h66-72,77H,9-65H2,1-8H3,(H,82,83)(H,84,85)/t70?,71-,72-/m1/s1. The number of esters is 4. The maximum absolute atomic E-state index is 13.1. The van der Waals surface area contributed by atoms with Gasteiger partial charge >= 0.3 is 39.5 Å². The van der Waals surface area contributed by atoms with Crippen molar-refractivity contribution in [3.8, 4) is 0 Å². The average Bonchev–Trinajstić information content (AvgIpc) is 1.52. The summed E-state index contributed by atoms with van der Waals surface area (Å²) in [5.41, 5.74) is 0. The fourth-order valence-corrected chi connectivity index (χ4v) is 13.1. The molecule has 0 aromatic rings. The Morgan fingerprint density at radius 3 is 0.653 bits per heavy atom. The van der Waals surface area contributed by atoms with Gasteiger partial charge in [0.2, 0.25) is 0 Å². The van der Waals surface area contributed by atoms with E-state index in [1.54, 1.807) is 0 Å². The van der Waals surface area contributed by atoms with E-state index in [-0.39, 0.29) is 25.7 Å². The number of unbranched alkanes of at least 4 members (excludes halogenated alkanes) is 39. The number of carbonyl (C=O) groups is 4. The summed E-state index contributed by atoms with van der Waals surface area (Å²) in [5.74, 6) is 0.902. The van der Waals surface area contributed by atoms with Crippen LogP contribution in [0.2, 0.25) is 0 Å². The molecular formula is C76H148O17P2.